The molecule has 0 saturated carbocycles. The maximum absolute atomic E-state index is 13.3. The van der Waals surface area contributed by atoms with Gasteiger partial charge in [-0.3, -0.25) is 0 Å². The Morgan fingerprint density at radius 3 is 2.43 bits per heavy atom. The molecule has 1 heterocycles. The van der Waals surface area contributed by atoms with Gasteiger partial charge in [-0.2, -0.15) is 0 Å². The zero-order valence-electron chi connectivity index (χ0n) is 13.3. The molecule has 4 heteroatoms. The van der Waals surface area contributed by atoms with Gasteiger partial charge in [0.1, 0.15) is 17.5 Å². The van der Waals surface area contributed by atoms with E-state index in [1.165, 1.54) is 12.1 Å². The second-order valence-electron chi connectivity index (χ2n) is 6.20. The normalized spacial score (nSPS) is 11.5. The van der Waals surface area contributed by atoms with Crippen LogP contribution in [0.1, 0.15) is 39.1 Å². The molecule has 1 N–H and O–H groups in total. The summed E-state index contributed by atoms with van der Waals surface area (Å²) in [6.45, 7) is 11.0. The molecule has 0 aliphatic carbocycles. The quantitative estimate of drug-likeness (QED) is 0.913. The van der Waals surface area contributed by atoms with E-state index < -0.39 is 0 Å². The first kappa shape index (κ1) is 15.4. The van der Waals surface area contributed by atoms with E-state index in [4.69, 9.17) is 0 Å². The van der Waals surface area contributed by atoms with Crippen molar-refractivity contribution in [1.29, 1.82) is 0 Å². The van der Waals surface area contributed by atoms with Gasteiger partial charge >= 0.3 is 0 Å². The lowest BCUT2D eigenvalue weighted by Gasteiger charge is -2.19. The highest BCUT2D eigenvalue weighted by molar-refractivity contribution is 5.66. The fourth-order valence-corrected chi connectivity index (χ4v) is 2.11. The molecule has 0 aliphatic heterocycles. The van der Waals surface area contributed by atoms with Crippen molar-refractivity contribution in [2.45, 2.75) is 40.0 Å². The van der Waals surface area contributed by atoms with Gasteiger partial charge in [-0.1, -0.05) is 20.8 Å². The highest BCUT2D eigenvalue weighted by atomic mass is 19.1. The molecule has 0 unspecified atom stereocenters. The van der Waals surface area contributed by atoms with Crippen LogP contribution in [-0.2, 0) is 5.41 Å². The van der Waals surface area contributed by atoms with E-state index in [1.807, 2.05) is 19.9 Å². The molecule has 0 amide bonds. The lowest BCUT2D eigenvalue weighted by molar-refractivity contribution is 0.546. The van der Waals surface area contributed by atoms with Crippen molar-refractivity contribution >= 4 is 5.82 Å². The number of rotatable bonds is 3. The molecule has 2 rings (SSSR count). The molecule has 0 saturated heterocycles. The zero-order valence-corrected chi connectivity index (χ0v) is 13.3. The van der Waals surface area contributed by atoms with Crippen molar-refractivity contribution in [2.75, 3.05) is 11.9 Å². The number of nitrogens with one attached hydrogen (secondary N) is 1. The number of halogens is 1. The summed E-state index contributed by atoms with van der Waals surface area (Å²) >= 11 is 0. The molecule has 2 aromatic rings. The smallest absolute Gasteiger partial charge is 0.136 e. The molecule has 0 radical (unpaired) electrons. The molecular formula is C17H22FN3. The third kappa shape index (κ3) is 3.57. The van der Waals surface area contributed by atoms with E-state index in [-0.39, 0.29) is 11.2 Å². The fraction of sp³-hybridized carbons (Fsp3) is 0.412. The summed E-state index contributed by atoms with van der Waals surface area (Å²) in [6.07, 6.45) is 0. The SMILES string of the molecule is CCNc1cc(-c2ccc(F)cc2C)nc(C(C)(C)C)n1. The van der Waals surface area contributed by atoms with Gasteiger partial charge < -0.3 is 5.32 Å². The molecule has 0 bridgehead atoms. The first-order valence-corrected chi connectivity index (χ1v) is 7.21. The van der Waals surface area contributed by atoms with Gasteiger partial charge in [0.2, 0.25) is 0 Å². The van der Waals surface area contributed by atoms with Crippen LogP contribution >= 0.6 is 0 Å². The van der Waals surface area contributed by atoms with Gasteiger partial charge in [-0.05, 0) is 37.6 Å². The fourth-order valence-electron chi connectivity index (χ4n) is 2.11. The van der Waals surface area contributed by atoms with Crippen molar-refractivity contribution in [3.63, 3.8) is 0 Å². The zero-order chi connectivity index (χ0) is 15.6. The molecule has 0 aliphatic rings. The molecule has 1 aromatic carbocycles. The van der Waals surface area contributed by atoms with Crippen LogP contribution in [0.25, 0.3) is 11.3 Å². The number of hydrogen-bond acceptors (Lipinski definition) is 3. The van der Waals surface area contributed by atoms with Gasteiger partial charge in [0.15, 0.2) is 0 Å². The number of hydrogen-bond donors (Lipinski definition) is 1. The summed E-state index contributed by atoms with van der Waals surface area (Å²) in [5.41, 5.74) is 2.48. The van der Waals surface area contributed by atoms with Gasteiger partial charge in [-0.25, -0.2) is 14.4 Å². The summed E-state index contributed by atoms with van der Waals surface area (Å²) in [4.78, 5) is 9.24. The van der Waals surface area contributed by atoms with Gasteiger partial charge in [-0.15, -0.1) is 0 Å². The molecule has 0 spiro atoms. The lowest BCUT2D eigenvalue weighted by Crippen LogP contribution is -2.18. The average Bonchev–Trinajstić information content (AvgIpc) is 2.37. The maximum Gasteiger partial charge on any atom is 0.136 e. The lowest BCUT2D eigenvalue weighted by atomic mass is 9.95. The van der Waals surface area contributed by atoms with Crippen LogP contribution in [0.4, 0.5) is 10.2 Å². The van der Waals surface area contributed by atoms with Gasteiger partial charge in [0.05, 0.1) is 5.69 Å². The monoisotopic (exact) mass is 287 g/mol. The minimum atomic E-state index is -0.228. The van der Waals surface area contributed by atoms with E-state index in [1.54, 1.807) is 6.07 Å². The van der Waals surface area contributed by atoms with Crippen LogP contribution in [0.3, 0.4) is 0 Å². The largest absolute Gasteiger partial charge is 0.370 e. The Morgan fingerprint density at radius 1 is 1.14 bits per heavy atom. The van der Waals surface area contributed by atoms with Gasteiger partial charge in [0, 0.05) is 23.6 Å². The van der Waals surface area contributed by atoms with E-state index in [2.05, 4.69) is 36.1 Å². The second kappa shape index (κ2) is 5.80. The Bertz CT molecular complexity index is 645. The first-order valence-electron chi connectivity index (χ1n) is 7.21. The highest BCUT2D eigenvalue weighted by Gasteiger charge is 2.20. The summed E-state index contributed by atoms with van der Waals surface area (Å²) < 4.78 is 13.3. The van der Waals surface area contributed by atoms with Crippen LogP contribution < -0.4 is 5.32 Å². The van der Waals surface area contributed by atoms with Crippen LogP contribution in [-0.4, -0.2) is 16.5 Å². The van der Waals surface area contributed by atoms with Crippen molar-refractivity contribution in [2.24, 2.45) is 0 Å². The van der Waals surface area contributed by atoms with Crippen molar-refractivity contribution in [1.82, 2.24) is 9.97 Å². The van der Waals surface area contributed by atoms with Gasteiger partial charge in [0.25, 0.3) is 0 Å². The minimum Gasteiger partial charge on any atom is -0.370 e. The average molecular weight is 287 g/mol. The third-order valence-electron chi connectivity index (χ3n) is 3.22. The molecule has 1 aromatic heterocycles. The summed E-state index contributed by atoms with van der Waals surface area (Å²) in [5.74, 6) is 1.35. The topological polar surface area (TPSA) is 37.8 Å². The Labute approximate surface area is 125 Å². The van der Waals surface area contributed by atoms with Crippen molar-refractivity contribution in [3.8, 4) is 11.3 Å². The maximum atomic E-state index is 13.3. The molecule has 112 valence electrons. The molecular weight excluding hydrogens is 265 g/mol. The van der Waals surface area contributed by atoms with E-state index in [9.17, 15) is 4.39 Å². The predicted octanol–water partition coefficient (Wildman–Crippen LogP) is 4.32. The molecule has 0 atom stereocenters. The predicted molar refractivity (Wildman–Crippen MR) is 85.0 cm³/mol. The first-order chi connectivity index (χ1) is 9.81. The van der Waals surface area contributed by atoms with Crippen molar-refractivity contribution in [3.05, 3.63) is 41.5 Å². The third-order valence-corrected chi connectivity index (χ3v) is 3.22. The Morgan fingerprint density at radius 2 is 1.86 bits per heavy atom. The van der Waals surface area contributed by atoms with Crippen LogP contribution in [0.5, 0.6) is 0 Å². The number of aryl methyl sites for hydroxylation is 1. The summed E-state index contributed by atoms with van der Waals surface area (Å²) in [5, 5.41) is 3.24. The van der Waals surface area contributed by atoms with E-state index >= 15 is 0 Å². The Hall–Kier alpha value is -1.97. The molecule has 3 nitrogen and oxygen atoms in total. The Balaban J connectivity index is 2.59. The number of nitrogens with zero attached hydrogens (tertiary/aromatic N) is 2. The Kier molecular flexibility index (Phi) is 4.26. The van der Waals surface area contributed by atoms with Crippen LogP contribution in [0.15, 0.2) is 24.3 Å². The van der Waals surface area contributed by atoms with E-state index in [0.717, 1.165) is 35.0 Å². The number of anilines is 1. The minimum absolute atomic E-state index is 0.145. The van der Waals surface area contributed by atoms with Crippen LogP contribution in [0.2, 0.25) is 0 Å². The number of aromatic nitrogens is 2. The second-order valence-corrected chi connectivity index (χ2v) is 6.20. The summed E-state index contributed by atoms with van der Waals surface area (Å²) in [6, 6.07) is 6.68. The van der Waals surface area contributed by atoms with Crippen molar-refractivity contribution < 1.29 is 4.39 Å². The summed E-state index contributed by atoms with van der Waals surface area (Å²) in [7, 11) is 0. The molecule has 0 fully saturated rings. The van der Waals surface area contributed by atoms with E-state index in [0.29, 0.717) is 0 Å². The molecule has 21 heavy (non-hydrogen) atoms. The van der Waals surface area contributed by atoms with Crippen LogP contribution in [0, 0.1) is 12.7 Å². The standard InChI is InChI=1S/C17H22FN3/c1-6-19-15-10-14(20-16(21-15)17(3,4)5)13-8-7-12(18)9-11(13)2/h7-10H,6H2,1-5H3,(H,19,20,21). The highest BCUT2D eigenvalue weighted by Crippen LogP contribution is 2.27. The number of benzene rings is 1.